The van der Waals surface area contributed by atoms with Gasteiger partial charge in [0.25, 0.3) is 0 Å². The van der Waals surface area contributed by atoms with E-state index in [-0.39, 0.29) is 17.3 Å². The lowest BCUT2D eigenvalue weighted by atomic mass is 10.3. The third-order valence-corrected chi connectivity index (χ3v) is 4.27. The molecule has 3 rings (SSSR count). The monoisotopic (exact) mass is 358 g/mol. The highest BCUT2D eigenvalue weighted by Gasteiger charge is 2.26. The van der Waals surface area contributed by atoms with Crippen LogP contribution in [-0.4, -0.2) is 66.2 Å². The van der Waals surface area contributed by atoms with Gasteiger partial charge in [-0.3, -0.25) is 15.0 Å². The minimum atomic E-state index is -0.439. The van der Waals surface area contributed by atoms with E-state index >= 15 is 0 Å². The zero-order chi connectivity index (χ0) is 18.4. The first-order chi connectivity index (χ1) is 12.7. The number of aromatic nitrogens is 2. The number of anilines is 3. The van der Waals surface area contributed by atoms with Crippen molar-refractivity contribution in [2.75, 3.05) is 56.7 Å². The molecule has 1 fully saturated rings. The number of nitrogens with one attached hydrogen (secondary N) is 1. The van der Waals surface area contributed by atoms with E-state index in [0.717, 1.165) is 38.5 Å². The maximum atomic E-state index is 11.7. The van der Waals surface area contributed by atoms with Crippen molar-refractivity contribution in [3.05, 3.63) is 46.8 Å². The Balaban J connectivity index is 1.76. The average molecular weight is 358 g/mol. The van der Waals surface area contributed by atoms with Crippen molar-refractivity contribution >= 4 is 23.0 Å². The lowest BCUT2D eigenvalue weighted by Gasteiger charge is -2.26. The van der Waals surface area contributed by atoms with Gasteiger partial charge in [-0.05, 0) is 12.1 Å². The number of nitrogens with zero attached hydrogens (tertiary/aromatic N) is 5. The van der Waals surface area contributed by atoms with Gasteiger partial charge in [0, 0.05) is 38.9 Å². The smallest absolute Gasteiger partial charge is 0.353 e. The van der Waals surface area contributed by atoms with Crippen molar-refractivity contribution in [3.63, 3.8) is 0 Å². The number of para-hydroxylation sites is 1. The number of nitro groups is 1. The topological polar surface area (TPSA) is 96.7 Å². The third-order valence-electron chi connectivity index (χ3n) is 4.27. The maximum absolute atomic E-state index is 11.7. The molecule has 1 N–H and O–H groups in total. The molecule has 0 amide bonds. The van der Waals surface area contributed by atoms with Gasteiger partial charge in [-0.1, -0.05) is 18.2 Å². The van der Waals surface area contributed by atoms with Gasteiger partial charge in [0.2, 0.25) is 11.6 Å². The lowest BCUT2D eigenvalue weighted by Crippen LogP contribution is -2.39. The highest BCUT2D eigenvalue weighted by Crippen LogP contribution is 2.34. The van der Waals surface area contributed by atoms with E-state index in [2.05, 4.69) is 20.2 Å². The van der Waals surface area contributed by atoms with E-state index in [1.807, 2.05) is 30.3 Å². The molecule has 0 spiro atoms. The SMILES string of the molecule is CN(c1ccccc1)c1ncnc(NCCN2CCOCC2)c1[N+](=O)[O-]. The van der Waals surface area contributed by atoms with Crippen molar-refractivity contribution in [2.45, 2.75) is 0 Å². The zero-order valence-corrected chi connectivity index (χ0v) is 14.7. The number of rotatable bonds is 7. The minimum absolute atomic E-state index is 0.124. The van der Waals surface area contributed by atoms with Crippen LogP contribution in [0, 0.1) is 10.1 Å². The van der Waals surface area contributed by atoms with Gasteiger partial charge in [0.05, 0.1) is 18.1 Å². The summed E-state index contributed by atoms with van der Waals surface area (Å²) in [5.41, 5.74) is 0.689. The Kier molecular flexibility index (Phi) is 5.92. The zero-order valence-electron chi connectivity index (χ0n) is 14.7. The fourth-order valence-electron chi connectivity index (χ4n) is 2.84. The molecular formula is C17H22N6O3. The Morgan fingerprint density at radius 2 is 2.00 bits per heavy atom. The van der Waals surface area contributed by atoms with E-state index < -0.39 is 4.92 Å². The molecule has 9 heteroatoms. The highest BCUT2D eigenvalue weighted by molar-refractivity contribution is 5.75. The van der Waals surface area contributed by atoms with Crippen LogP contribution in [0.1, 0.15) is 0 Å². The summed E-state index contributed by atoms with van der Waals surface area (Å²) in [5.74, 6) is 0.487. The molecule has 0 aliphatic carbocycles. The first-order valence-electron chi connectivity index (χ1n) is 8.49. The van der Waals surface area contributed by atoms with Crippen molar-refractivity contribution in [2.24, 2.45) is 0 Å². The quantitative estimate of drug-likeness (QED) is 0.592. The van der Waals surface area contributed by atoms with E-state index in [4.69, 9.17) is 4.74 Å². The summed E-state index contributed by atoms with van der Waals surface area (Å²) in [6.07, 6.45) is 1.35. The van der Waals surface area contributed by atoms with Crippen LogP contribution in [0.2, 0.25) is 0 Å². The maximum Gasteiger partial charge on any atom is 0.353 e. The predicted molar refractivity (Wildman–Crippen MR) is 98.9 cm³/mol. The molecule has 0 unspecified atom stereocenters. The van der Waals surface area contributed by atoms with Crippen molar-refractivity contribution in [1.29, 1.82) is 0 Å². The van der Waals surface area contributed by atoms with Crippen molar-refractivity contribution in [3.8, 4) is 0 Å². The fraction of sp³-hybridized carbons (Fsp3) is 0.412. The third kappa shape index (κ3) is 4.24. The Hall–Kier alpha value is -2.78. The van der Waals surface area contributed by atoms with Gasteiger partial charge in [-0.25, -0.2) is 9.97 Å². The van der Waals surface area contributed by atoms with Crippen LogP contribution < -0.4 is 10.2 Å². The van der Waals surface area contributed by atoms with Crippen LogP contribution in [-0.2, 0) is 4.74 Å². The molecule has 26 heavy (non-hydrogen) atoms. The molecule has 1 aromatic heterocycles. The summed E-state index contributed by atoms with van der Waals surface area (Å²) in [7, 11) is 1.75. The molecule has 138 valence electrons. The van der Waals surface area contributed by atoms with Gasteiger partial charge in [0.15, 0.2) is 0 Å². The fourth-order valence-corrected chi connectivity index (χ4v) is 2.84. The van der Waals surface area contributed by atoms with Crippen LogP contribution >= 0.6 is 0 Å². The van der Waals surface area contributed by atoms with Crippen LogP contribution in [0.3, 0.4) is 0 Å². The molecule has 1 aliphatic heterocycles. The number of benzene rings is 1. The Morgan fingerprint density at radius 1 is 1.27 bits per heavy atom. The summed E-state index contributed by atoms with van der Waals surface area (Å²) in [6, 6.07) is 9.39. The molecule has 0 atom stereocenters. The van der Waals surface area contributed by atoms with Gasteiger partial charge in [-0.2, -0.15) is 0 Å². The van der Waals surface area contributed by atoms with Crippen LogP contribution in [0.5, 0.6) is 0 Å². The van der Waals surface area contributed by atoms with Crippen LogP contribution in [0.4, 0.5) is 23.0 Å². The van der Waals surface area contributed by atoms with Gasteiger partial charge in [-0.15, -0.1) is 0 Å². The first kappa shape index (κ1) is 18.0. The number of hydrogen-bond donors (Lipinski definition) is 1. The van der Waals surface area contributed by atoms with Crippen LogP contribution in [0.15, 0.2) is 36.7 Å². The second-order valence-electron chi connectivity index (χ2n) is 5.93. The molecule has 0 saturated carbocycles. The molecule has 0 bridgehead atoms. The summed E-state index contributed by atoms with van der Waals surface area (Å²) >= 11 is 0. The largest absolute Gasteiger partial charge is 0.379 e. The summed E-state index contributed by atoms with van der Waals surface area (Å²) in [4.78, 5) is 23.4. The highest BCUT2D eigenvalue weighted by atomic mass is 16.6. The second kappa shape index (κ2) is 8.54. The average Bonchev–Trinajstić information content (AvgIpc) is 2.68. The van der Waals surface area contributed by atoms with E-state index in [0.29, 0.717) is 6.54 Å². The Bertz CT molecular complexity index is 737. The molecule has 1 aliphatic rings. The van der Waals surface area contributed by atoms with Gasteiger partial charge >= 0.3 is 5.69 Å². The van der Waals surface area contributed by atoms with Gasteiger partial charge in [0.1, 0.15) is 6.33 Å². The van der Waals surface area contributed by atoms with E-state index in [9.17, 15) is 10.1 Å². The van der Waals surface area contributed by atoms with Crippen molar-refractivity contribution in [1.82, 2.24) is 14.9 Å². The Labute approximate surface area is 151 Å². The van der Waals surface area contributed by atoms with E-state index in [1.54, 1.807) is 11.9 Å². The minimum Gasteiger partial charge on any atom is -0.379 e. The normalized spacial score (nSPS) is 14.8. The summed E-state index contributed by atoms with van der Waals surface area (Å²) in [5, 5.41) is 14.8. The van der Waals surface area contributed by atoms with E-state index in [1.165, 1.54) is 6.33 Å². The molecule has 9 nitrogen and oxygen atoms in total. The van der Waals surface area contributed by atoms with Gasteiger partial charge < -0.3 is 15.0 Å². The summed E-state index contributed by atoms with van der Waals surface area (Å²) < 4.78 is 5.32. The first-order valence-corrected chi connectivity index (χ1v) is 8.49. The number of hydrogen-bond acceptors (Lipinski definition) is 8. The molecular weight excluding hydrogens is 336 g/mol. The molecule has 1 aromatic carbocycles. The number of morpholine rings is 1. The van der Waals surface area contributed by atoms with Crippen LogP contribution in [0.25, 0.3) is 0 Å². The predicted octanol–water partition coefficient (Wildman–Crippen LogP) is 1.90. The molecule has 2 heterocycles. The molecule has 2 aromatic rings. The Morgan fingerprint density at radius 3 is 2.69 bits per heavy atom. The lowest BCUT2D eigenvalue weighted by molar-refractivity contribution is -0.383. The number of ether oxygens (including phenoxy) is 1. The van der Waals surface area contributed by atoms with Crippen molar-refractivity contribution < 1.29 is 9.66 Å². The summed E-state index contributed by atoms with van der Waals surface area (Å²) in [6.45, 7) is 4.52. The molecule has 0 radical (unpaired) electrons. The second-order valence-corrected chi connectivity index (χ2v) is 5.93. The standard InChI is InChI=1S/C17H22N6O3/c1-21(14-5-3-2-4-6-14)17-15(23(24)25)16(19-13-20-17)18-7-8-22-9-11-26-12-10-22/h2-6,13H,7-12H2,1H3,(H,18,19,20). The molecule has 1 saturated heterocycles.